The number of nitrogens with zero attached hydrogens (tertiary/aromatic N) is 2. The molecule has 0 amide bonds. The van der Waals surface area contributed by atoms with Gasteiger partial charge >= 0.3 is 5.97 Å². The summed E-state index contributed by atoms with van der Waals surface area (Å²) >= 11 is 0. The van der Waals surface area contributed by atoms with Crippen molar-refractivity contribution >= 4 is 5.97 Å². The Morgan fingerprint density at radius 2 is 2.29 bits per heavy atom. The maximum absolute atomic E-state index is 11.3. The molecular formula is C8H14N4O2. The van der Waals surface area contributed by atoms with Crippen molar-refractivity contribution in [1.29, 1.82) is 0 Å². The Bertz CT molecular complexity index is 297. The molecule has 14 heavy (non-hydrogen) atoms. The number of carbonyl (C=O) groups excluding carboxylic acids is 1. The van der Waals surface area contributed by atoms with Gasteiger partial charge in [-0.25, -0.2) is 4.79 Å². The van der Waals surface area contributed by atoms with Gasteiger partial charge in [0.05, 0.1) is 6.61 Å². The number of ether oxygens (including phenoxy) is 1. The van der Waals surface area contributed by atoms with Gasteiger partial charge in [-0.1, -0.05) is 6.92 Å². The second-order valence-corrected chi connectivity index (χ2v) is 2.62. The number of aromatic amines is 1. The lowest BCUT2D eigenvalue weighted by Crippen LogP contribution is -2.16. The molecule has 0 aliphatic heterocycles. The lowest BCUT2D eigenvalue weighted by atomic mass is 10.3. The zero-order valence-corrected chi connectivity index (χ0v) is 8.33. The van der Waals surface area contributed by atoms with Crippen LogP contribution in [0.5, 0.6) is 0 Å². The number of aromatic nitrogens is 3. The molecule has 0 saturated carbocycles. The van der Waals surface area contributed by atoms with Crippen molar-refractivity contribution in [2.24, 2.45) is 0 Å². The minimum absolute atomic E-state index is 0.257. The summed E-state index contributed by atoms with van der Waals surface area (Å²) in [6.07, 6.45) is 0. The Morgan fingerprint density at radius 3 is 2.93 bits per heavy atom. The van der Waals surface area contributed by atoms with Gasteiger partial charge in [0, 0.05) is 6.54 Å². The summed E-state index contributed by atoms with van der Waals surface area (Å²) < 4.78 is 4.82. The van der Waals surface area contributed by atoms with Crippen LogP contribution in [-0.2, 0) is 11.3 Å². The minimum Gasteiger partial charge on any atom is -0.461 e. The molecule has 0 saturated heterocycles. The molecule has 78 valence electrons. The lowest BCUT2D eigenvalue weighted by molar-refractivity contribution is 0.0518. The molecule has 0 unspecified atom stereocenters. The summed E-state index contributed by atoms with van der Waals surface area (Å²) in [6, 6.07) is 0. The standard InChI is InChI=1S/C8H14N4O2/c1-3-9-5-6-7(11-12-10-6)8(13)14-4-2/h9H,3-5H2,1-2H3,(H,10,11,12). The first-order valence-corrected chi connectivity index (χ1v) is 4.57. The fourth-order valence-corrected chi connectivity index (χ4v) is 0.982. The predicted molar refractivity (Wildman–Crippen MR) is 49.7 cm³/mol. The average molecular weight is 198 g/mol. The van der Waals surface area contributed by atoms with E-state index in [1.807, 2.05) is 6.92 Å². The predicted octanol–water partition coefficient (Wildman–Crippen LogP) is 0.0909. The van der Waals surface area contributed by atoms with Crippen molar-refractivity contribution in [3.8, 4) is 0 Å². The number of esters is 1. The number of rotatable bonds is 5. The zero-order valence-electron chi connectivity index (χ0n) is 8.33. The monoisotopic (exact) mass is 198 g/mol. The Balaban J connectivity index is 2.66. The van der Waals surface area contributed by atoms with E-state index in [0.717, 1.165) is 6.54 Å². The van der Waals surface area contributed by atoms with Gasteiger partial charge < -0.3 is 10.1 Å². The highest BCUT2D eigenvalue weighted by molar-refractivity contribution is 5.88. The van der Waals surface area contributed by atoms with E-state index in [1.165, 1.54) is 0 Å². The van der Waals surface area contributed by atoms with Gasteiger partial charge in [-0.3, -0.25) is 0 Å². The van der Waals surface area contributed by atoms with Crippen molar-refractivity contribution in [2.45, 2.75) is 20.4 Å². The van der Waals surface area contributed by atoms with Crippen LogP contribution in [0.2, 0.25) is 0 Å². The third-order valence-electron chi connectivity index (χ3n) is 1.63. The van der Waals surface area contributed by atoms with E-state index < -0.39 is 5.97 Å². The summed E-state index contributed by atoms with van der Waals surface area (Å²) in [4.78, 5) is 11.3. The molecule has 0 atom stereocenters. The second-order valence-electron chi connectivity index (χ2n) is 2.62. The summed E-state index contributed by atoms with van der Waals surface area (Å²) in [5.74, 6) is -0.436. The molecule has 2 N–H and O–H groups in total. The Hall–Kier alpha value is -1.43. The van der Waals surface area contributed by atoms with Crippen LogP contribution in [-0.4, -0.2) is 34.5 Å². The van der Waals surface area contributed by atoms with E-state index in [2.05, 4.69) is 20.7 Å². The van der Waals surface area contributed by atoms with E-state index in [0.29, 0.717) is 18.8 Å². The van der Waals surface area contributed by atoms with Crippen molar-refractivity contribution in [2.75, 3.05) is 13.2 Å². The average Bonchev–Trinajstić information content (AvgIpc) is 2.63. The van der Waals surface area contributed by atoms with Crippen LogP contribution >= 0.6 is 0 Å². The normalized spacial score (nSPS) is 10.1. The highest BCUT2D eigenvalue weighted by Gasteiger charge is 2.16. The molecule has 6 nitrogen and oxygen atoms in total. The summed E-state index contributed by atoms with van der Waals surface area (Å²) in [5, 5.41) is 13.1. The molecule has 0 aromatic carbocycles. The molecule has 1 aromatic rings. The van der Waals surface area contributed by atoms with Crippen LogP contribution in [0.15, 0.2) is 0 Å². The first-order valence-electron chi connectivity index (χ1n) is 4.57. The number of hydrogen-bond donors (Lipinski definition) is 2. The van der Waals surface area contributed by atoms with E-state index in [1.54, 1.807) is 6.92 Å². The summed E-state index contributed by atoms with van der Waals surface area (Å²) in [6.45, 7) is 5.40. The van der Waals surface area contributed by atoms with E-state index >= 15 is 0 Å². The van der Waals surface area contributed by atoms with Crippen LogP contribution < -0.4 is 5.32 Å². The highest BCUT2D eigenvalue weighted by atomic mass is 16.5. The van der Waals surface area contributed by atoms with Crippen LogP contribution in [0.3, 0.4) is 0 Å². The molecule has 1 rings (SSSR count). The molecule has 0 aliphatic carbocycles. The maximum atomic E-state index is 11.3. The summed E-state index contributed by atoms with van der Waals surface area (Å²) in [7, 11) is 0. The molecule has 1 aromatic heterocycles. The Morgan fingerprint density at radius 1 is 1.50 bits per heavy atom. The van der Waals surface area contributed by atoms with E-state index in [-0.39, 0.29) is 5.69 Å². The molecule has 6 heteroatoms. The number of hydrogen-bond acceptors (Lipinski definition) is 5. The van der Waals surface area contributed by atoms with Gasteiger partial charge in [-0.05, 0) is 13.5 Å². The number of nitrogens with one attached hydrogen (secondary N) is 2. The zero-order chi connectivity index (χ0) is 10.4. The molecule has 0 fully saturated rings. The van der Waals surface area contributed by atoms with Crippen LogP contribution in [0.25, 0.3) is 0 Å². The molecule has 0 spiro atoms. The first kappa shape index (κ1) is 10.6. The molecular weight excluding hydrogens is 184 g/mol. The first-order chi connectivity index (χ1) is 6.79. The van der Waals surface area contributed by atoms with Gasteiger partial charge in [-0.2, -0.15) is 10.3 Å². The van der Waals surface area contributed by atoms with Crippen molar-refractivity contribution in [3.05, 3.63) is 11.4 Å². The summed E-state index contributed by atoms with van der Waals surface area (Å²) in [5.41, 5.74) is 0.845. The number of carbonyl (C=O) groups is 1. The third kappa shape index (κ3) is 2.53. The van der Waals surface area contributed by atoms with Gasteiger partial charge in [-0.15, -0.1) is 5.10 Å². The Labute approximate surface area is 82.0 Å². The van der Waals surface area contributed by atoms with Crippen molar-refractivity contribution in [1.82, 2.24) is 20.7 Å². The smallest absolute Gasteiger partial charge is 0.360 e. The maximum Gasteiger partial charge on any atom is 0.360 e. The van der Waals surface area contributed by atoms with E-state index in [4.69, 9.17) is 4.74 Å². The molecule has 0 bridgehead atoms. The number of H-pyrrole nitrogens is 1. The molecule has 0 aliphatic rings. The topological polar surface area (TPSA) is 79.9 Å². The van der Waals surface area contributed by atoms with Crippen molar-refractivity contribution in [3.63, 3.8) is 0 Å². The van der Waals surface area contributed by atoms with Crippen molar-refractivity contribution < 1.29 is 9.53 Å². The minimum atomic E-state index is -0.436. The van der Waals surface area contributed by atoms with Gasteiger partial charge in [0.1, 0.15) is 5.69 Å². The lowest BCUT2D eigenvalue weighted by Gasteiger charge is -2.00. The van der Waals surface area contributed by atoms with Crippen LogP contribution in [0.4, 0.5) is 0 Å². The van der Waals surface area contributed by atoms with Gasteiger partial charge in [0.15, 0.2) is 5.69 Å². The van der Waals surface area contributed by atoms with Crippen LogP contribution in [0.1, 0.15) is 30.0 Å². The molecule has 1 heterocycles. The fourth-order valence-electron chi connectivity index (χ4n) is 0.982. The van der Waals surface area contributed by atoms with Crippen LogP contribution in [0, 0.1) is 0 Å². The Kier molecular flexibility index (Phi) is 4.06. The molecule has 0 radical (unpaired) electrons. The fraction of sp³-hybridized carbons (Fsp3) is 0.625. The second kappa shape index (κ2) is 5.33. The quantitative estimate of drug-likeness (QED) is 0.655. The third-order valence-corrected chi connectivity index (χ3v) is 1.63. The van der Waals surface area contributed by atoms with Gasteiger partial charge in [0.2, 0.25) is 0 Å². The largest absolute Gasteiger partial charge is 0.461 e. The van der Waals surface area contributed by atoms with Gasteiger partial charge in [0.25, 0.3) is 0 Å². The highest BCUT2D eigenvalue weighted by Crippen LogP contribution is 2.02. The van der Waals surface area contributed by atoms with E-state index in [9.17, 15) is 4.79 Å². The SMILES string of the molecule is CCNCc1n[nH]nc1C(=O)OCC.